The Balaban J connectivity index is 0.992. The van der Waals surface area contributed by atoms with Crippen LogP contribution in [0.2, 0.25) is 5.02 Å². The van der Waals surface area contributed by atoms with Crippen molar-refractivity contribution < 1.29 is 24.6 Å². The Kier molecular flexibility index (Phi) is 15.3. The molecule has 6 aromatic rings. The van der Waals surface area contributed by atoms with E-state index in [1.165, 1.54) is 6.07 Å². The van der Waals surface area contributed by atoms with Crippen LogP contribution in [0.15, 0.2) is 126 Å². The number of nitro groups is 1. The van der Waals surface area contributed by atoms with Gasteiger partial charge in [-0.25, -0.2) is 4.79 Å². The molecule has 0 radical (unpaired) electrons. The van der Waals surface area contributed by atoms with Gasteiger partial charge in [0.2, 0.25) is 7.29 Å². The second-order valence-electron chi connectivity index (χ2n) is 18.6. The molecule has 8 rings (SSSR count). The minimum atomic E-state index is -3.77. The molecule has 0 saturated carbocycles. The number of carboxylic acids is 1. The number of thioether (sulfide) groups is 1. The molecule has 5 aromatic carbocycles. The molecule has 0 aliphatic carbocycles. The van der Waals surface area contributed by atoms with Crippen LogP contribution in [-0.2, 0) is 4.57 Å². The number of hydrogen-bond acceptors (Lipinski definition) is 10. The number of anilines is 3. The standard InChI is InChI=1S/C53H61ClN7O6PS/c1-35(2)59-37(4)50(53(62)63)51(52(59)39-15-19-41(54)20-16-39)40-11-10-12-44(32-40)58-29-27-57(28-30-58)43-21-17-38(18-22-43)49-31-36(3)61(66)68(49,67)45-23-24-47(48(33-45)60(64)65)55-42(25-26-56(5)6)34-69-46-13-8-7-9-14-46/h7-24,32-33,35-36,42,49,55,66H,25-31,34H2,1-6H3,(H,62,63)/t36-,42-,49-,68?/m1/s1. The van der Waals surface area contributed by atoms with Crippen LogP contribution in [0.4, 0.5) is 22.7 Å². The van der Waals surface area contributed by atoms with E-state index in [-0.39, 0.29) is 28.6 Å². The predicted molar refractivity (Wildman–Crippen MR) is 282 cm³/mol. The number of nitrogens with zero attached hydrogens (tertiary/aromatic N) is 6. The highest BCUT2D eigenvalue weighted by atomic mass is 35.5. The summed E-state index contributed by atoms with van der Waals surface area (Å²) in [6.07, 6.45) is 1.17. The SMILES string of the molecule is Cc1c(C(=O)O)c(-c2cccc(N3CCN(c4ccc([C@H]5C[C@@H](C)N(O)P5(=O)c5ccc(N[C@H](CCN(C)C)CSc6ccccc6)c([N+](=O)[O-])c5)cc4)CC3)c2)c(-c2ccc(Cl)cc2)n1C(C)C. The normalized spacial score (nSPS) is 19.1. The summed E-state index contributed by atoms with van der Waals surface area (Å²) in [5.74, 6) is -0.280. The molecule has 3 heterocycles. The number of nitro benzene ring substituents is 1. The molecule has 1 aromatic heterocycles. The third-order valence-electron chi connectivity index (χ3n) is 13.4. The van der Waals surface area contributed by atoms with Gasteiger partial charge in [0, 0.05) is 94.0 Å². The topological polar surface area (TPSA) is 148 Å². The van der Waals surface area contributed by atoms with Gasteiger partial charge < -0.3 is 34.9 Å². The minimum absolute atomic E-state index is 0.0134. The molecule has 13 nitrogen and oxygen atoms in total. The van der Waals surface area contributed by atoms with Gasteiger partial charge in [-0.1, -0.05) is 66.2 Å². The van der Waals surface area contributed by atoms with Crippen LogP contribution in [0.1, 0.15) is 66.9 Å². The second-order valence-corrected chi connectivity index (χ2v) is 23.0. The monoisotopic (exact) mass is 989 g/mol. The Bertz CT molecular complexity index is 2840. The molecule has 362 valence electrons. The van der Waals surface area contributed by atoms with E-state index < -0.39 is 29.9 Å². The highest BCUT2D eigenvalue weighted by molar-refractivity contribution is 7.99. The molecule has 16 heteroatoms. The van der Waals surface area contributed by atoms with Crippen molar-refractivity contribution in [3.63, 3.8) is 0 Å². The fourth-order valence-corrected chi connectivity index (χ4v) is 14.4. The van der Waals surface area contributed by atoms with Gasteiger partial charge in [-0.2, -0.15) is 0 Å². The van der Waals surface area contributed by atoms with Gasteiger partial charge in [0.25, 0.3) is 5.69 Å². The number of piperazine rings is 1. The molecule has 2 aliphatic heterocycles. The maximum atomic E-state index is 15.3. The summed E-state index contributed by atoms with van der Waals surface area (Å²) in [4.78, 5) is 33.9. The van der Waals surface area contributed by atoms with Crippen LogP contribution in [-0.4, -0.2) is 100 Å². The Morgan fingerprint density at radius 3 is 2.19 bits per heavy atom. The van der Waals surface area contributed by atoms with Gasteiger partial charge in [0.05, 0.1) is 21.8 Å². The lowest BCUT2D eigenvalue weighted by Crippen LogP contribution is -2.46. The molecule has 0 amide bonds. The van der Waals surface area contributed by atoms with E-state index in [4.69, 9.17) is 11.6 Å². The third kappa shape index (κ3) is 10.5. The van der Waals surface area contributed by atoms with Crippen molar-refractivity contribution in [1.29, 1.82) is 0 Å². The Labute approximate surface area is 414 Å². The summed E-state index contributed by atoms with van der Waals surface area (Å²) in [5, 5.41) is 39.0. The zero-order valence-corrected chi connectivity index (χ0v) is 42.4. The summed E-state index contributed by atoms with van der Waals surface area (Å²) in [6.45, 7) is 11.5. The fraction of sp³-hybridized carbons (Fsp3) is 0.340. The molecular formula is C53H61ClN7O6PS. The number of hydrogen-bond donors (Lipinski definition) is 3. The van der Waals surface area contributed by atoms with Crippen molar-refractivity contribution >= 4 is 64.7 Å². The average Bonchev–Trinajstić information content (AvgIpc) is 3.79. The smallest absolute Gasteiger partial charge is 0.338 e. The lowest BCUT2D eigenvalue weighted by Gasteiger charge is -2.37. The van der Waals surface area contributed by atoms with Gasteiger partial charge in [-0.15, -0.1) is 16.6 Å². The van der Waals surface area contributed by atoms with Crippen molar-refractivity contribution in [2.75, 3.05) is 67.7 Å². The largest absolute Gasteiger partial charge is 0.478 e. The molecule has 3 N–H and O–H groups in total. The molecule has 69 heavy (non-hydrogen) atoms. The van der Waals surface area contributed by atoms with Crippen LogP contribution in [0.3, 0.4) is 0 Å². The lowest BCUT2D eigenvalue weighted by atomic mass is 9.96. The van der Waals surface area contributed by atoms with E-state index in [9.17, 15) is 25.2 Å². The van der Waals surface area contributed by atoms with Crippen molar-refractivity contribution in [2.24, 2.45) is 0 Å². The number of carbonyl (C=O) groups is 1. The fourth-order valence-electron chi connectivity index (χ4n) is 9.94. The van der Waals surface area contributed by atoms with E-state index in [1.54, 1.807) is 23.9 Å². The number of hydroxylamine groups is 1. The number of carboxylic acid groups (broad SMARTS) is 1. The van der Waals surface area contributed by atoms with Crippen LogP contribution in [0.25, 0.3) is 22.4 Å². The van der Waals surface area contributed by atoms with Gasteiger partial charge in [0.1, 0.15) is 5.69 Å². The predicted octanol–water partition coefficient (Wildman–Crippen LogP) is 12.0. The first kappa shape index (κ1) is 49.8. The van der Waals surface area contributed by atoms with Crippen molar-refractivity contribution in [3.05, 3.63) is 153 Å². The molecule has 2 saturated heterocycles. The Hall–Kier alpha value is -5.60. The van der Waals surface area contributed by atoms with Gasteiger partial charge in [-0.3, -0.25) is 14.7 Å². The molecule has 4 atom stereocenters. The highest BCUT2D eigenvalue weighted by Crippen LogP contribution is 2.68. The third-order valence-corrected chi connectivity index (χ3v) is 18.2. The van der Waals surface area contributed by atoms with Gasteiger partial charge in [-0.05, 0) is 139 Å². The van der Waals surface area contributed by atoms with Crippen LogP contribution in [0.5, 0.6) is 0 Å². The molecule has 1 unspecified atom stereocenters. The van der Waals surface area contributed by atoms with E-state index in [0.717, 1.165) is 82.6 Å². The number of rotatable bonds is 17. The van der Waals surface area contributed by atoms with Crippen LogP contribution in [0, 0.1) is 17.0 Å². The average molecular weight is 991 g/mol. The maximum Gasteiger partial charge on any atom is 0.338 e. The highest BCUT2D eigenvalue weighted by Gasteiger charge is 2.51. The summed E-state index contributed by atoms with van der Waals surface area (Å²) in [7, 11) is 0.233. The molecular weight excluding hydrogens is 929 g/mol. The van der Waals surface area contributed by atoms with Crippen molar-refractivity contribution in [1.82, 2.24) is 14.3 Å². The molecule has 0 bridgehead atoms. The summed E-state index contributed by atoms with van der Waals surface area (Å²) in [6, 6.07) is 38.0. The molecule has 0 spiro atoms. The van der Waals surface area contributed by atoms with E-state index in [2.05, 4.69) is 50.6 Å². The van der Waals surface area contributed by atoms with Crippen LogP contribution < -0.4 is 20.4 Å². The first-order valence-corrected chi connectivity index (χ1v) is 26.5. The summed E-state index contributed by atoms with van der Waals surface area (Å²) >= 11 is 7.97. The quantitative estimate of drug-likeness (QED) is 0.0346. The first-order chi connectivity index (χ1) is 33.0. The van der Waals surface area contributed by atoms with E-state index in [1.807, 2.05) is 119 Å². The van der Waals surface area contributed by atoms with Crippen LogP contribution >= 0.6 is 30.7 Å². The van der Waals surface area contributed by atoms with Crippen molar-refractivity contribution in [2.45, 2.75) is 69.2 Å². The lowest BCUT2D eigenvalue weighted by molar-refractivity contribution is -0.383. The Morgan fingerprint density at radius 1 is 0.899 bits per heavy atom. The van der Waals surface area contributed by atoms with Gasteiger partial charge >= 0.3 is 5.97 Å². The number of halogens is 1. The number of aromatic carboxylic acids is 1. The molecule has 2 aliphatic rings. The number of nitrogens with one attached hydrogen (secondary N) is 1. The zero-order chi connectivity index (χ0) is 49.1. The Morgan fingerprint density at radius 2 is 1.57 bits per heavy atom. The summed E-state index contributed by atoms with van der Waals surface area (Å²) < 4.78 is 17.4. The first-order valence-electron chi connectivity index (χ1n) is 23.5. The second kappa shape index (κ2) is 21.2. The van der Waals surface area contributed by atoms with E-state index in [0.29, 0.717) is 34.1 Å². The number of aromatic nitrogens is 1. The molecule has 2 fully saturated rings. The number of benzene rings is 5. The maximum absolute atomic E-state index is 15.3. The van der Waals surface area contributed by atoms with E-state index >= 15 is 4.57 Å². The summed E-state index contributed by atoms with van der Waals surface area (Å²) in [5.41, 5.74) is 6.65. The zero-order valence-electron chi connectivity index (χ0n) is 40.0. The van der Waals surface area contributed by atoms with Gasteiger partial charge in [0.15, 0.2) is 0 Å². The minimum Gasteiger partial charge on any atom is -0.478 e. The van der Waals surface area contributed by atoms with Crippen molar-refractivity contribution in [3.8, 4) is 22.4 Å².